The van der Waals surface area contributed by atoms with E-state index in [1.54, 1.807) is 0 Å². The van der Waals surface area contributed by atoms with E-state index in [0.717, 1.165) is 11.8 Å². The zero-order chi connectivity index (χ0) is 9.26. The van der Waals surface area contributed by atoms with Gasteiger partial charge in [-0.2, -0.15) is 5.10 Å². The molecule has 2 nitrogen and oxygen atoms in total. The fourth-order valence-electron chi connectivity index (χ4n) is 2.42. The van der Waals surface area contributed by atoms with Crippen molar-refractivity contribution >= 4 is 0 Å². The molecule has 0 N–H and O–H groups in total. The van der Waals surface area contributed by atoms with Crippen LogP contribution in [-0.2, 0) is 13.5 Å². The molecule has 1 saturated carbocycles. The Morgan fingerprint density at radius 1 is 1.54 bits per heavy atom. The molecule has 1 aliphatic rings. The molecule has 0 saturated heterocycles. The predicted molar refractivity (Wildman–Crippen MR) is 53.4 cm³/mol. The number of nitrogens with zero attached hydrogens (tertiary/aromatic N) is 2. The Bertz CT molecular complexity index is 277. The molecule has 2 heteroatoms. The van der Waals surface area contributed by atoms with Gasteiger partial charge in [0.2, 0.25) is 0 Å². The molecule has 0 amide bonds. The Morgan fingerprint density at radius 3 is 2.92 bits per heavy atom. The third-order valence-corrected chi connectivity index (χ3v) is 3.09. The molecule has 1 fully saturated rings. The molecule has 13 heavy (non-hydrogen) atoms. The van der Waals surface area contributed by atoms with Crippen molar-refractivity contribution in [3.8, 4) is 0 Å². The summed E-state index contributed by atoms with van der Waals surface area (Å²) in [5, 5.41) is 4.19. The monoisotopic (exact) mass is 178 g/mol. The zero-order valence-electron chi connectivity index (χ0n) is 8.53. The van der Waals surface area contributed by atoms with E-state index in [4.69, 9.17) is 0 Å². The van der Waals surface area contributed by atoms with E-state index in [-0.39, 0.29) is 0 Å². The van der Waals surface area contributed by atoms with Crippen LogP contribution in [0.4, 0.5) is 0 Å². The van der Waals surface area contributed by atoms with Crippen LogP contribution in [-0.4, -0.2) is 9.78 Å². The molecule has 2 unspecified atom stereocenters. The lowest BCUT2D eigenvalue weighted by atomic mass is 9.99. The number of hydrogen-bond acceptors (Lipinski definition) is 1. The van der Waals surface area contributed by atoms with Crippen molar-refractivity contribution in [1.82, 2.24) is 9.78 Å². The molecule has 1 aromatic heterocycles. The second-order valence-corrected chi connectivity index (χ2v) is 4.51. The number of rotatable bonds is 2. The van der Waals surface area contributed by atoms with E-state index in [0.29, 0.717) is 0 Å². The average Bonchev–Trinajstić information content (AvgIpc) is 2.62. The van der Waals surface area contributed by atoms with Crippen LogP contribution in [0.5, 0.6) is 0 Å². The Labute approximate surface area is 80.0 Å². The van der Waals surface area contributed by atoms with Gasteiger partial charge in [-0.1, -0.05) is 13.3 Å². The lowest BCUT2D eigenvalue weighted by Crippen LogP contribution is -1.98. The van der Waals surface area contributed by atoms with Crippen molar-refractivity contribution in [2.75, 3.05) is 0 Å². The number of aryl methyl sites for hydroxylation is 1. The second-order valence-electron chi connectivity index (χ2n) is 4.51. The molecule has 0 aliphatic heterocycles. The van der Waals surface area contributed by atoms with Crippen LogP contribution in [0, 0.1) is 11.8 Å². The van der Waals surface area contributed by atoms with E-state index in [9.17, 15) is 0 Å². The molecular formula is C11H18N2. The first-order valence-corrected chi connectivity index (χ1v) is 5.21. The van der Waals surface area contributed by atoms with Crippen molar-refractivity contribution < 1.29 is 0 Å². The molecule has 1 aliphatic carbocycles. The fraction of sp³-hybridized carbons (Fsp3) is 0.727. The first kappa shape index (κ1) is 8.79. The van der Waals surface area contributed by atoms with E-state index in [2.05, 4.69) is 18.2 Å². The molecular weight excluding hydrogens is 160 g/mol. The van der Waals surface area contributed by atoms with Crippen molar-refractivity contribution in [3.63, 3.8) is 0 Å². The lowest BCUT2D eigenvalue weighted by molar-refractivity contribution is 0.513. The molecule has 0 spiro atoms. The average molecular weight is 178 g/mol. The topological polar surface area (TPSA) is 17.8 Å². The first-order chi connectivity index (χ1) is 6.24. The molecule has 1 aromatic rings. The van der Waals surface area contributed by atoms with Gasteiger partial charge in [-0.3, -0.25) is 4.68 Å². The number of aromatic nitrogens is 2. The maximum atomic E-state index is 4.19. The molecule has 0 bridgehead atoms. The minimum Gasteiger partial charge on any atom is -0.276 e. The smallest absolute Gasteiger partial charge is 0.0521 e. The van der Waals surface area contributed by atoms with E-state index >= 15 is 0 Å². The van der Waals surface area contributed by atoms with Crippen LogP contribution >= 0.6 is 0 Å². The molecule has 1 heterocycles. The van der Waals surface area contributed by atoms with Gasteiger partial charge in [-0.05, 0) is 36.7 Å². The highest BCUT2D eigenvalue weighted by atomic mass is 15.2. The lowest BCUT2D eigenvalue weighted by Gasteiger charge is -2.06. The standard InChI is InChI=1S/C11H18N2/c1-9-3-4-10(5-9)6-11-7-12-13(2)8-11/h7-10H,3-6H2,1-2H3. The first-order valence-electron chi connectivity index (χ1n) is 5.21. The quantitative estimate of drug-likeness (QED) is 0.680. The third kappa shape index (κ3) is 2.11. The van der Waals surface area contributed by atoms with Crippen molar-refractivity contribution in [1.29, 1.82) is 0 Å². The van der Waals surface area contributed by atoms with E-state index in [1.165, 1.54) is 31.2 Å². The summed E-state index contributed by atoms with van der Waals surface area (Å²) in [6.07, 6.45) is 9.63. The SMILES string of the molecule is CC1CCC(Cc2cnn(C)c2)C1. The predicted octanol–water partition coefficient (Wildman–Crippen LogP) is 2.40. The van der Waals surface area contributed by atoms with Crippen molar-refractivity contribution in [2.45, 2.75) is 32.6 Å². The summed E-state index contributed by atoms with van der Waals surface area (Å²) in [5.74, 6) is 1.86. The van der Waals surface area contributed by atoms with Gasteiger partial charge in [0, 0.05) is 13.2 Å². The van der Waals surface area contributed by atoms with Gasteiger partial charge in [0.05, 0.1) is 6.20 Å². The van der Waals surface area contributed by atoms with Gasteiger partial charge in [-0.15, -0.1) is 0 Å². The van der Waals surface area contributed by atoms with Crippen LogP contribution in [0.3, 0.4) is 0 Å². The van der Waals surface area contributed by atoms with Gasteiger partial charge < -0.3 is 0 Å². The summed E-state index contributed by atoms with van der Waals surface area (Å²) >= 11 is 0. The highest BCUT2D eigenvalue weighted by Gasteiger charge is 2.21. The summed E-state index contributed by atoms with van der Waals surface area (Å²) in [6, 6.07) is 0. The maximum Gasteiger partial charge on any atom is 0.0521 e. The fourth-order valence-corrected chi connectivity index (χ4v) is 2.42. The van der Waals surface area contributed by atoms with Gasteiger partial charge in [0.25, 0.3) is 0 Å². The zero-order valence-corrected chi connectivity index (χ0v) is 8.53. The molecule has 72 valence electrons. The van der Waals surface area contributed by atoms with Gasteiger partial charge in [0.1, 0.15) is 0 Å². The normalized spacial score (nSPS) is 28.2. The highest BCUT2D eigenvalue weighted by molar-refractivity contribution is 5.05. The van der Waals surface area contributed by atoms with Crippen LogP contribution in [0.2, 0.25) is 0 Å². The summed E-state index contributed by atoms with van der Waals surface area (Å²) in [7, 11) is 1.99. The van der Waals surface area contributed by atoms with Crippen LogP contribution < -0.4 is 0 Å². The van der Waals surface area contributed by atoms with E-state index in [1.807, 2.05) is 17.9 Å². The van der Waals surface area contributed by atoms with Crippen molar-refractivity contribution in [3.05, 3.63) is 18.0 Å². The van der Waals surface area contributed by atoms with Gasteiger partial charge in [0.15, 0.2) is 0 Å². The molecule has 0 radical (unpaired) electrons. The van der Waals surface area contributed by atoms with Crippen LogP contribution in [0.25, 0.3) is 0 Å². The largest absolute Gasteiger partial charge is 0.276 e. The molecule has 0 aromatic carbocycles. The van der Waals surface area contributed by atoms with E-state index < -0.39 is 0 Å². The summed E-state index contributed by atoms with van der Waals surface area (Å²) in [6.45, 7) is 2.36. The highest BCUT2D eigenvalue weighted by Crippen LogP contribution is 2.32. The third-order valence-electron chi connectivity index (χ3n) is 3.09. The van der Waals surface area contributed by atoms with Crippen LogP contribution in [0.1, 0.15) is 31.7 Å². The second kappa shape index (κ2) is 3.52. The summed E-state index contributed by atoms with van der Waals surface area (Å²) in [4.78, 5) is 0. The van der Waals surface area contributed by atoms with Gasteiger partial charge >= 0.3 is 0 Å². The summed E-state index contributed by atoms with van der Waals surface area (Å²) in [5.41, 5.74) is 1.40. The van der Waals surface area contributed by atoms with Crippen LogP contribution in [0.15, 0.2) is 12.4 Å². The summed E-state index contributed by atoms with van der Waals surface area (Å²) < 4.78 is 1.90. The minimum absolute atomic E-state index is 0.916. The molecule has 2 rings (SSSR count). The van der Waals surface area contributed by atoms with Gasteiger partial charge in [-0.25, -0.2) is 0 Å². The Balaban J connectivity index is 1.91. The Hall–Kier alpha value is -0.790. The number of hydrogen-bond donors (Lipinski definition) is 0. The Morgan fingerprint density at radius 2 is 2.38 bits per heavy atom. The molecule has 2 atom stereocenters. The van der Waals surface area contributed by atoms with Crippen molar-refractivity contribution in [2.24, 2.45) is 18.9 Å². The maximum absolute atomic E-state index is 4.19. The minimum atomic E-state index is 0.916. The Kier molecular flexibility index (Phi) is 2.38.